The first-order chi connectivity index (χ1) is 21.4. The Morgan fingerprint density at radius 3 is 2.27 bits per heavy atom. The third-order valence-corrected chi connectivity index (χ3v) is 12.9. The van der Waals surface area contributed by atoms with Gasteiger partial charge in [-0.05, 0) is 31.5 Å². The third-order valence-electron chi connectivity index (χ3n) is 12.9. The lowest BCUT2D eigenvalue weighted by atomic mass is 9.42. The highest BCUT2D eigenvalue weighted by molar-refractivity contribution is 5.89. The molecule has 1 aliphatic heterocycles. The Morgan fingerprint density at radius 1 is 0.956 bits per heavy atom. The van der Waals surface area contributed by atoms with Crippen LogP contribution in [0.1, 0.15) is 30.1 Å². The van der Waals surface area contributed by atoms with Crippen LogP contribution in [-0.4, -0.2) is 135 Å². The van der Waals surface area contributed by atoms with Gasteiger partial charge in [-0.15, -0.1) is 0 Å². The molecule has 0 unspecified atom stereocenters. The standard InChI is InChI=1S/C33H45NO11/c1-16(35)44-28-27(43-6)31(38)13-18-21(26(31)45-29(37)17-10-8-7-9-11-17)33(28,39)22-23(42-5)24-30(15-40-3)14-34(2)25(22)32(18,24)20(41-4)12-19(30)36/h7-11,18-28,36,38-39H,12-15H2,1-6H3/t18-,19-,20+,21-,22+,23+,24-,25-,26-,27+,28+,30+,31-,32+,33-/m1/s1. The molecule has 1 heterocycles. The monoisotopic (exact) mass is 631 g/mol. The molecule has 0 amide bonds. The van der Waals surface area contributed by atoms with E-state index in [2.05, 4.69) is 4.90 Å². The highest BCUT2D eigenvalue weighted by Crippen LogP contribution is 2.80. The first-order valence-electron chi connectivity index (χ1n) is 15.8. The summed E-state index contributed by atoms with van der Waals surface area (Å²) >= 11 is 0. The van der Waals surface area contributed by atoms with Crippen LogP contribution in [0.15, 0.2) is 30.3 Å². The molecule has 12 heteroatoms. The van der Waals surface area contributed by atoms with E-state index in [1.807, 2.05) is 7.05 Å². The van der Waals surface area contributed by atoms with E-state index in [0.29, 0.717) is 18.5 Å². The zero-order valence-corrected chi connectivity index (χ0v) is 26.6. The first kappa shape index (κ1) is 31.4. The normalized spacial score (nSPS) is 50.7. The summed E-state index contributed by atoms with van der Waals surface area (Å²) < 4.78 is 36.7. The van der Waals surface area contributed by atoms with Crippen molar-refractivity contribution in [3.05, 3.63) is 35.9 Å². The van der Waals surface area contributed by atoms with Crippen molar-refractivity contribution in [3.8, 4) is 0 Å². The minimum atomic E-state index is -1.87. The van der Waals surface area contributed by atoms with Crippen molar-refractivity contribution in [1.82, 2.24) is 4.90 Å². The minimum Gasteiger partial charge on any atom is -0.457 e. The molecule has 1 aromatic rings. The predicted molar refractivity (Wildman–Crippen MR) is 156 cm³/mol. The number of aliphatic hydroxyl groups excluding tert-OH is 1. The number of benzene rings is 1. The summed E-state index contributed by atoms with van der Waals surface area (Å²) in [4.78, 5) is 28.5. The number of fused-ring (bicyclic) bond motifs is 2. The number of carbonyl (C=O) groups is 2. The van der Waals surface area contributed by atoms with Crippen molar-refractivity contribution in [1.29, 1.82) is 0 Å². The van der Waals surface area contributed by atoms with E-state index in [9.17, 15) is 24.9 Å². The van der Waals surface area contributed by atoms with E-state index >= 15 is 0 Å². The molecule has 6 fully saturated rings. The summed E-state index contributed by atoms with van der Waals surface area (Å²) in [5.74, 6) is -3.76. The summed E-state index contributed by atoms with van der Waals surface area (Å²) in [6, 6.07) is 8.15. The molecule has 1 spiro atoms. The fraction of sp³-hybridized carbons (Fsp3) is 0.758. The lowest BCUT2D eigenvalue weighted by Gasteiger charge is -2.69. The van der Waals surface area contributed by atoms with Crippen molar-refractivity contribution in [3.63, 3.8) is 0 Å². The first-order valence-corrected chi connectivity index (χ1v) is 15.8. The summed E-state index contributed by atoms with van der Waals surface area (Å²) in [6.45, 7) is 1.97. The molecule has 1 saturated heterocycles. The Kier molecular flexibility index (Phi) is 7.28. The van der Waals surface area contributed by atoms with Crippen LogP contribution >= 0.6 is 0 Å². The SMILES string of the molecule is COC[C@]12CN(C)[C@@H]3[C@@H]4[C@H](OC)[C@H]1[C@@]3([C@@H](OC)C[C@H]2O)[C@@H]1C[C@@]2(O)[C@H](OC(=O)c3ccccc3)[C@@H]1[C@]4(O)[C@@H](OC(C)=O)[C@@H]2OC. The number of nitrogens with zero attached hydrogens (tertiary/aromatic N) is 1. The number of piperidine rings is 1. The van der Waals surface area contributed by atoms with Crippen LogP contribution in [0, 0.1) is 34.5 Å². The van der Waals surface area contributed by atoms with Gasteiger partial charge in [0, 0.05) is 83.0 Å². The number of esters is 2. The van der Waals surface area contributed by atoms with Crippen LogP contribution in [0.5, 0.6) is 0 Å². The fourth-order valence-corrected chi connectivity index (χ4v) is 12.1. The molecule has 6 aliphatic rings. The third kappa shape index (κ3) is 3.60. The topological polar surface area (TPSA) is 153 Å². The summed E-state index contributed by atoms with van der Waals surface area (Å²) in [6.07, 6.45) is -5.28. The molecular formula is C33H45NO11. The average Bonchev–Trinajstić information content (AvgIpc) is 3.41. The zero-order chi connectivity index (χ0) is 32.3. The lowest BCUT2D eigenvalue weighted by Crippen LogP contribution is -2.81. The average molecular weight is 632 g/mol. The number of likely N-dealkylation sites (tertiary alicyclic amines) is 1. The van der Waals surface area contributed by atoms with Gasteiger partial charge in [-0.1, -0.05) is 18.2 Å². The van der Waals surface area contributed by atoms with E-state index in [1.54, 1.807) is 51.7 Å². The molecule has 5 saturated carbocycles. The lowest BCUT2D eigenvalue weighted by molar-refractivity contribution is -0.320. The maximum atomic E-state index is 13.7. The Bertz CT molecular complexity index is 1350. The second-order valence-corrected chi connectivity index (χ2v) is 14.3. The van der Waals surface area contributed by atoms with Crippen LogP contribution in [0.4, 0.5) is 0 Å². The molecular weight excluding hydrogens is 586 g/mol. The van der Waals surface area contributed by atoms with E-state index < -0.39 is 88.3 Å². The van der Waals surface area contributed by atoms with Crippen molar-refractivity contribution in [2.45, 2.75) is 73.6 Å². The second kappa shape index (κ2) is 10.4. The fourth-order valence-electron chi connectivity index (χ4n) is 12.1. The van der Waals surface area contributed by atoms with Gasteiger partial charge in [-0.25, -0.2) is 4.79 Å². The number of methoxy groups -OCH3 is 4. The number of carbonyl (C=O) groups excluding carboxylic acids is 2. The van der Waals surface area contributed by atoms with Gasteiger partial charge < -0.3 is 48.6 Å². The molecule has 0 radical (unpaired) electrons. The number of hydrogen-bond acceptors (Lipinski definition) is 12. The Balaban J connectivity index is 1.50. The van der Waals surface area contributed by atoms with E-state index in [4.69, 9.17) is 28.4 Å². The molecule has 248 valence electrons. The van der Waals surface area contributed by atoms with Gasteiger partial charge in [-0.3, -0.25) is 4.79 Å². The Hall–Kier alpha value is -2.16. The van der Waals surface area contributed by atoms with Crippen molar-refractivity contribution >= 4 is 11.9 Å². The van der Waals surface area contributed by atoms with Crippen LogP contribution in [-0.2, 0) is 33.2 Å². The molecule has 12 nitrogen and oxygen atoms in total. The van der Waals surface area contributed by atoms with Gasteiger partial charge in [0.15, 0.2) is 6.10 Å². The highest BCUT2D eigenvalue weighted by Gasteiger charge is 2.91. The maximum absolute atomic E-state index is 13.7. The van der Waals surface area contributed by atoms with Crippen molar-refractivity contribution in [2.24, 2.45) is 34.5 Å². The quantitative estimate of drug-likeness (QED) is 0.337. The van der Waals surface area contributed by atoms with Crippen LogP contribution < -0.4 is 0 Å². The molecule has 5 aliphatic carbocycles. The van der Waals surface area contributed by atoms with Gasteiger partial charge in [0.05, 0.1) is 30.5 Å². The van der Waals surface area contributed by atoms with Crippen LogP contribution in [0.3, 0.4) is 0 Å². The molecule has 15 atom stereocenters. The second-order valence-electron chi connectivity index (χ2n) is 14.3. The number of rotatable bonds is 8. The van der Waals surface area contributed by atoms with Crippen molar-refractivity contribution < 1.29 is 53.3 Å². The molecule has 3 N–H and O–H groups in total. The highest BCUT2D eigenvalue weighted by atomic mass is 16.6. The molecule has 1 aromatic carbocycles. The van der Waals surface area contributed by atoms with Gasteiger partial charge >= 0.3 is 11.9 Å². The number of ether oxygens (including phenoxy) is 6. The van der Waals surface area contributed by atoms with Gasteiger partial charge in [0.2, 0.25) is 0 Å². The predicted octanol–water partition coefficient (Wildman–Crippen LogP) is 0.258. The summed E-state index contributed by atoms with van der Waals surface area (Å²) in [7, 11) is 8.21. The number of aliphatic hydroxyl groups is 3. The smallest absolute Gasteiger partial charge is 0.338 e. The summed E-state index contributed by atoms with van der Waals surface area (Å²) in [5, 5.41) is 38.1. The van der Waals surface area contributed by atoms with Gasteiger partial charge in [-0.2, -0.15) is 0 Å². The Labute approximate surface area is 262 Å². The maximum Gasteiger partial charge on any atom is 0.338 e. The van der Waals surface area contributed by atoms with Crippen LogP contribution in [0.25, 0.3) is 0 Å². The minimum absolute atomic E-state index is 0.0754. The summed E-state index contributed by atoms with van der Waals surface area (Å²) in [5.41, 5.74) is -4.96. The van der Waals surface area contributed by atoms with E-state index in [0.717, 1.165) is 0 Å². The Morgan fingerprint density at radius 2 is 1.67 bits per heavy atom. The van der Waals surface area contributed by atoms with Crippen molar-refractivity contribution in [2.75, 3.05) is 48.6 Å². The van der Waals surface area contributed by atoms with E-state index in [1.165, 1.54) is 14.0 Å². The molecule has 7 bridgehead atoms. The largest absolute Gasteiger partial charge is 0.457 e. The molecule has 7 rings (SSSR count). The number of hydrogen-bond donors (Lipinski definition) is 3. The molecule has 45 heavy (non-hydrogen) atoms. The zero-order valence-electron chi connectivity index (χ0n) is 26.6. The van der Waals surface area contributed by atoms with Gasteiger partial charge in [0.25, 0.3) is 0 Å². The molecule has 0 aromatic heterocycles. The van der Waals surface area contributed by atoms with Gasteiger partial charge in [0.1, 0.15) is 23.4 Å². The van der Waals surface area contributed by atoms with Crippen LogP contribution in [0.2, 0.25) is 0 Å². The van der Waals surface area contributed by atoms with E-state index in [-0.39, 0.29) is 25.0 Å².